The van der Waals surface area contributed by atoms with Gasteiger partial charge in [-0.25, -0.2) is 9.13 Å². The smallest absolute Gasteiger partial charge is 0.462 e. The van der Waals surface area contributed by atoms with Crippen molar-refractivity contribution in [2.24, 2.45) is 0 Å². The van der Waals surface area contributed by atoms with Crippen LogP contribution in [0.25, 0.3) is 0 Å². The van der Waals surface area contributed by atoms with Crippen LogP contribution in [-0.4, -0.2) is 96.7 Å². The van der Waals surface area contributed by atoms with E-state index in [4.69, 9.17) is 37.0 Å². The highest BCUT2D eigenvalue weighted by atomic mass is 31.2. The lowest BCUT2D eigenvalue weighted by Crippen LogP contribution is -2.30. The molecule has 450 valence electrons. The van der Waals surface area contributed by atoms with E-state index in [2.05, 4.69) is 27.7 Å². The van der Waals surface area contributed by atoms with E-state index < -0.39 is 97.5 Å². The first-order chi connectivity index (χ1) is 36.7. The number of esters is 4. The van der Waals surface area contributed by atoms with E-state index in [0.29, 0.717) is 25.7 Å². The van der Waals surface area contributed by atoms with Crippen LogP contribution in [0.5, 0.6) is 0 Å². The lowest BCUT2D eigenvalue weighted by Gasteiger charge is -2.21. The average Bonchev–Trinajstić information content (AvgIpc) is 3.39. The molecule has 0 bridgehead atoms. The lowest BCUT2D eigenvalue weighted by molar-refractivity contribution is -0.161. The molecule has 0 aliphatic rings. The highest BCUT2D eigenvalue weighted by Crippen LogP contribution is 2.45. The Morgan fingerprint density at radius 1 is 0.316 bits per heavy atom. The molecule has 17 nitrogen and oxygen atoms in total. The molecule has 0 amide bonds. The van der Waals surface area contributed by atoms with Crippen LogP contribution in [0.1, 0.15) is 285 Å². The van der Waals surface area contributed by atoms with Crippen molar-refractivity contribution in [1.82, 2.24) is 0 Å². The maximum absolute atomic E-state index is 12.9. The Kier molecular flexibility index (Phi) is 51.1. The molecule has 0 saturated carbocycles. The summed E-state index contributed by atoms with van der Waals surface area (Å²) in [5.74, 6) is -2.15. The summed E-state index contributed by atoms with van der Waals surface area (Å²) in [7, 11) is -9.86. The SMILES string of the molecule is CCCCCCCCCCCCCCCCC(=O)O[C@H](COC(=O)CCCCCCCCCC)COP(=O)(O)OC[C@@H](O)COP(=O)(O)OC[C@@H](COC(=O)CCCCCCCCC)OC(=O)CCCCCCCCC. The van der Waals surface area contributed by atoms with Gasteiger partial charge in [0, 0.05) is 25.7 Å². The van der Waals surface area contributed by atoms with Crippen molar-refractivity contribution in [3.8, 4) is 0 Å². The van der Waals surface area contributed by atoms with Crippen molar-refractivity contribution in [2.45, 2.75) is 303 Å². The van der Waals surface area contributed by atoms with Crippen LogP contribution in [0.3, 0.4) is 0 Å². The van der Waals surface area contributed by atoms with Crippen molar-refractivity contribution in [3.63, 3.8) is 0 Å². The van der Waals surface area contributed by atoms with E-state index in [1.54, 1.807) is 0 Å². The molecule has 3 N–H and O–H groups in total. The zero-order chi connectivity index (χ0) is 56.2. The fourth-order valence-electron chi connectivity index (χ4n) is 8.40. The van der Waals surface area contributed by atoms with Gasteiger partial charge >= 0.3 is 39.5 Å². The van der Waals surface area contributed by atoms with E-state index >= 15 is 0 Å². The van der Waals surface area contributed by atoms with Crippen LogP contribution >= 0.6 is 15.6 Å². The number of aliphatic hydroxyl groups excluding tert-OH is 1. The molecule has 0 aromatic carbocycles. The third kappa shape index (κ3) is 51.5. The van der Waals surface area contributed by atoms with Gasteiger partial charge in [-0.15, -0.1) is 0 Å². The molecule has 76 heavy (non-hydrogen) atoms. The molecule has 0 aromatic heterocycles. The topological polar surface area (TPSA) is 237 Å². The number of hydrogen-bond acceptors (Lipinski definition) is 15. The predicted octanol–water partition coefficient (Wildman–Crippen LogP) is 15.2. The van der Waals surface area contributed by atoms with Crippen LogP contribution in [0.4, 0.5) is 0 Å². The largest absolute Gasteiger partial charge is 0.472 e. The van der Waals surface area contributed by atoms with Crippen molar-refractivity contribution in [3.05, 3.63) is 0 Å². The first-order valence-corrected chi connectivity index (χ1v) is 33.3. The van der Waals surface area contributed by atoms with E-state index in [1.807, 2.05) is 0 Å². The summed E-state index contributed by atoms with van der Waals surface area (Å²) in [5, 5.41) is 10.5. The minimum absolute atomic E-state index is 0.104. The fourth-order valence-corrected chi connectivity index (χ4v) is 9.98. The third-order valence-electron chi connectivity index (χ3n) is 13.1. The van der Waals surface area contributed by atoms with E-state index in [1.165, 1.54) is 83.5 Å². The van der Waals surface area contributed by atoms with Gasteiger partial charge in [0.15, 0.2) is 12.2 Å². The van der Waals surface area contributed by atoms with Gasteiger partial charge in [-0.2, -0.15) is 0 Å². The molecule has 5 atom stereocenters. The molecule has 19 heteroatoms. The zero-order valence-electron chi connectivity index (χ0n) is 48.2. The minimum Gasteiger partial charge on any atom is -0.462 e. The van der Waals surface area contributed by atoms with E-state index in [-0.39, 0.29) is 25.7 Å². The summed E-state index contributed by atoms with van der Waals surface area (Å²) in [6, 6.07) is 0. The normalized spacial score (nSPS) is 14.4. The summed E-state index contributed by atoms with van der Waals surface area (Å²) in [5.41, 5.74) is 0. The van der Waals surface area contributed by atoms with Crippen molar-refractivity contribution in [1.29, 1.82) is 0 Å². The highest BCUT2D eigenvalue weighted by molar-refractivity contribution is 7.47. The minimum atomic E-state index is -4.93. The van der Waals surface area contributed by atoms with Crippen LogP contribution in [0.15, 0.2) is 0 Å². The van der Waals surface area contributed by atoms with Crippen LogP contribution in [0.2, 0.25) is 0 Å². The fraction of sp³-hybridized carbons (Fsp3) is 0.930. The maximum atomic E-state index is 12.9. The molecule has 0 heterocycles. The Hall–Kier alpha value is -1.94. The summed E-state index contributed by atoms with van der Waals surface area (Å²) in [6.45, 7) is 4.74. The summed E-state index contributed by atoms with van der Waals surface area (Å²) in [6.07, 6.45) is 35.1. The summed E-state index contributed by atoms with van der Waals surface area (Å²) in [4.78, 5) is 71.6. The van der Waals surface area contributed by atoms with Gasteiger partial charge in [-0.05, 0) is 25.7 Å². The van der Waals surface area contributed by atoms with Crippen LogP contribution < -0.4 is 0 Å². The van der Waals surface area contributed by atoms with Gasteiger partial charge in [0.05, 0.1) is 26.4 Å². The van der Waals surface area contributed by atoms with E-state index in [0.717, 1.165) is 122 Å². The van der Waals surface area contributed by atoms with Gasteiger partial charge in [-0.3, -0.25) is 37.3 Å². The lowest BCUT2D eigenvalue weighted by atomic mass is 10.0. The number of carbonyl (C=O) groups is 4. The van der Waals surface area contributed by atoms with Gasteiger partial charge in [-0.1, -0.05) is 233 Å². The molecular formula is C57H110O17P2. The van der Waals surface area contributed by atoms with Gasteiger partial charge in [0.2, 0.25) is 0 Å². The molecular weight excluding hydrogens is 1020 g/mol. The van der Waals surface area contributed by atoms with Crippen molar-refractivity contribution < 1.29 is 80.2 Å². The van der Waals surface area contributed by atoms with Crippen molar-refractivity contribution in [2.75, 3.05) is 39.6 Å². The first kappa shape index (κ1) is 74.1. The van der Waals surface area contributed by atoms with Gasteiger partial charge in [0.25, 0.3) is 0 Å². The second kappa shape index (κ2) is 52.4. The molecule has 0 rings (SSSR count). The quantitative estimate of drug-likeness (QED) is 0.0222. The van der Waals surface area contributed by atoms with Crippen LogP contribution in [0, 0.1) is 0 Å². The zero-order valence-corrected chi connectivity index (χ0v) is 50.0. The Balaban J connectivity index is 5.16. The molecule has 0 saturated heterocycles. The number of carbonyl (C=O) groups excluding carboxylic acids is 4. The Morgan fingerprint density at radius 3 is 0.776 bits per heavy atom. The summed E-state index contributed by atoms with van der Waals surface area (Å²) >= 11 is 0. The molecule has 2 unspecified atom stereocenters. The predicted molar refractivity (Wildman–Crippen MR) is 299 cm³/mol. The second-order valence-electron chi connectivity index (χ2n) is 20.7. The standard InChI is InChI=1S/C57H110O17P2/c1-5-9-13-17-21-23-24-25-26-27-28-32-36-40-44-57(62)74-53(48-68-55(60)42-38-34-31-22-18-14-10-6-2)50-72-76(65,66)70-46-51(58)45-69-75(63,64)71-49-52(73-56(61)43-39-35-30-20-16-12-8-4)47-67-54(59)41-37-33-29-19-15-11-7-3/h51-53,58H,5-50H2,1-4H3,(H,63,64)(H,65,66)/t51-,52+,53+/m0/s1. The number of phosphoric ester groups is 2. The highest BCUT2D eigenvalue weighted by Gasteiger charge is 2.30. The number of aliphatic hydroxyl groups is 1. The van der Waals surface area contributed by atoms with Gasteiger partial charge < -0.3 is 33.8 Å². The van der Waals surface area contributed by atoms with Crippen LogP contribution in [-0.2, 0) is 65.4 Å². The molecule has 0 radical (unpaired) electrons. The van der Waals surface area contributed by atoms with E-state index in [9.17, 15) is 43.2 Å². The third-order valence-corrected chi connectivity index (χ3v) is 15.0. The molecule has 0 spiro atoms. The second-order valence-corrected chi connectivity index (χ2v) is 23.6. The first-order valence-electron chi connectivity index (χ1n) is 30.3. The maximum Gasteiger partial charge on any atom is 0.472 e. The van der Waals surface area contributed by atoms with Gasteiger partial charge in [0.1, 0.15) is 19.3 Å². The molecule has 0 aliphatic carbocycles. The number of phosphoric acid groups is 2. The Bertz CT molecular complexity index is 1490. The molecule has 0 fully saturated rings. The number of unbranched alkanes of at least 4 members (excludes halogenated alkanes) is 32. The Labute approximate surface area is 460 Å². The number of hydrogen-bond donors (Lipinski definition) is 3. The molecule has 0 aliphatic heterocycles. The molecule has 0 aromatic rings. The number of ether oxygens (including phenoxy) is 4. The van der Waals surface area contributed by atoms with Crippen molar-refractivity contribution >= 4 is 39.5 Å². The Morgan fingerprint density at radius 2 is 0.526 bits per heavy atom. The monoisotopic (exact) mass is 1130 g/mol. The average molecular weight is 1130 g/mol. The summed E-state index contributed by atoms with van der Waals surface area (Å²) < 4.78 is 67.4. The number of rotatable bonds is 58.